The average Bonchev–Trinajstić information content (AvgIpc) is 2.67. The predicted octanol–water partition coefficient (Wildman–Crippen LogP) is 4.50. The van der Waals surface area contributed by atoms with E-state index in [2.05, 4.69) is 11.4 Å². The van der Waals surface area contributed by atoms with E-state index in [9.17, 15) is 4.79 Å². The summed E-state index contributed by atoms with van der Waals surface area (Å²) in [6.45, 7) is 7.56. The number of nitrogens with one attached hydrogen (secondary N) is 1. The second-order valence-corrected chi connectivity index (χ2v) is 7.56. The van der Waals surface area contributed by atoms with Crippen LogP contribution in [0.5, 0.6) is 5.75 Å². The van der Waals surface area contributed by atoms with Gasteiger partial charge in [0.05, 0.1) is 7.11 Å². The highest BCUT2D eigenvalue weighted by Crippen LogP contribution is 2.30. The zero-order valence-electron chi connectivity index (χ0n) is 16.7. The van der Waals surface area contributed by atoms with Crippen LogP contribution in [0.1, 0.15) is 44.0 Å². The summed E-state index contributed by atoms with van der Waals surface area (Å²) in [5.41, 5.74) is 4.02. The Labute approximate surface area is 161 Å². The Hall–Kier alpha value is -2.56. The largest absolute Gasteiger partial charge is 0.497 e. The van der Waals surface area contributed by atoms with Crippen LogP contribution < -0.4 is 10.1 Å². The van der Waals surface area contributed by atoms with Crippen LogP contribution in [-0.4, -0.2) is 36.0 Å². The van der Waals surface area contributed by atoms with Crippen LogP contribution in [0.15, 0.2) is 36.4 Å². The van der Waals surface area contributed by atoms with Crippen LogP contribution in [0.3, 0.4) is 0 Å². The third-order valence-corrected chi connectivity index (χ3v) is 4.98. The van der Waals surface area contributed by atoms with Crippen LogP contribution in [0.4, 0.5) is 11.4 Å². The molecule has 1 saturated heterocycles. The van der Waals surface area contributed by atoms with E-state index < -0.39 is 0 Å². The fourth-order valence-corrected chi connectivity index (χ4v) is 3.63. The molecular weight excluding hydrogens is 338 g/mol. The molecule has 1 fully saturated rings. The number of aromatic nitrogens is 1. The topological polar surface area (TPSA) is 54.5 Å². The van der Waals surface area contributed by atoms with Crippen LogP contribution in [0.2, 0.25) is 0 Å². The molecule has 1 aliphatic heterocycles. The Morgan fingerprint density at radius 2 is 2.07 bits per heavy atom. The molecule has 0 radical (unpaired) electrons. The summed E-state index contributed by atoms with van der Waals surface area (Å²) >= 11 is 0. The predicted molar refractivity (Wildman–Crippen MR) is 109 cm³/mol. The summed E-state index contributed by atoms with van der Waals surface area (Å²) < 4.78 is 5.30. The molecule has 1 aliphatic rings. The van der Waals surface area contributed by atoms with Gasteiger partial charge in [-0.25, -0.2) is 0 Å². The maximum Gasteiger partial charge on any atom is 0.225 e. The number of rotatable bonds is 5. The van der Waals surface area contributed by atoms with Gasteiger partial charge in [-0.05, 0) is 44.0 Å². The lowest BCUT2D eigenvalue weighted by Gasteiger charge is -2.34. The van der Waals surface area contributed by atoms with Crippen molar-refractivity contribution in [3.05, 3.63) is 47.8 Å². The van der Waals surface area contributed by atoms with E-state index in [0.717, 1.165) is 54.4 Å². The van der Waals surface area contributed by atoms with E-state index in [4.69, 9.17) is 9.72 Å². The molecule has 1 aromatic heterocycles. The standard InChI is InChI=1S/C22H29N3O2/c1-15(2)22(26)25-10-6-7-17(14-25)21-13-19(11-16(3)23-21)24-18-8-5-9-20(12-18)27-4/h5,8-9,11-13,15,17H,6-7,10,14H2,1-4H3,(H,23,24)/t17-/m1/s1. The number of hydrogen-bond acceptors (Lipinski definition) is 4. The summed E-state index contributed by atoms with van der Waals surface area (Å²) in [5.74, 6) is 1.38. The number of hydrogen-bond donors (Lipinski definition) is 1. The second kappa shape index (κ2) is 8.42. The van der Waals surface area contributed by atoms with E-state index in [1.54, 1.807) is 7.11 Å². The zero-order chi connectivity index (χ0) is 19.4. The molecular formula is C22H29N3O2. The van der Waals surface area contributed by atoms with E-state index in [1.165, 1.54) is 0 Å². The van der Waals surface area contributed by atoms with E-state index in [-0.39, 0.29) is 17.7 Å². The van der Waals surface area contributed by atoms with Crippen molar-refractivity contribution in [1.82, 2.24) is 9.88 Å². The van der Waals surface area contributed by atoms with E-state index in [0.29, 0.717) is 0 Å². The first-order valence-corrected chi connectivity index (χ1v) is 9.64. The number of piperidine rings is 1. The first kappa shape index (κ1) is 19.2. The van der Waals surface area contributed by atoms with E-state index in [1.807, 2.05) is 56.0 Å². The van der Waals surface area contributed by atoms with Crippen molar-refractivity contribution in [2.75, 3.05) is 25.5 Å². The highest BCUT2D eigenvalue weighted by molar-refractivity contribution is 5.78. The molecule has 1 amide bonds. The fraction of sp³-hybridized carbons (Fsp3) is 0.455. The number of pyridine rings is 1. The summed E-state index contributed by atoms with van der Waals surface area (Å²) in [6, 6.07) is 12.0. The number of aryl methyl sites for hydroxylation is 1. The molecule has 0 aliphatic carbocycles. The minimum Gasteiger partial charge on any atom is -0.497 e. The lowest BCUT2D eigenvalue weighted by molar-refractivity contribution is -0.135. The normalized spacial score (nSPS) is 17.1. The van der Waals surface area contributed by atoms with Crippen LogP contribution in [0.25, 0.3) is 0 Å². The molecule has 2 heterocycles. The van der Waals surface area contributed by atoms with Crippen molar-refractivity contribution in [1.29, 1.82) is 0 Å². The minimum absolute atomic E-state index is 0.0412. The number of likely N-dealkylation sites (tertiary alicyclic amines) is 1. The molecule has 0 bridgehead atoms. The van der Waals surface area contributed by atoms with Crippen LogP contribution in [-0.2, 0) is 4.79 Å². The monoisotopic (exact) mass is 367 g/mol. The van der Waals surface area contributed by atoms with Crippen molar-refractivity contribution in [3.63, 3.8) is 0 Å². The number of anilines is 2. The number of nitrogens with zero attached hydrogens (tertiary/aromatic N) is 2. The van der Waals surface area contributed by atoms with Gasteiger partial charge >= 0.3 is 0 Å². The number of carbonyl (C=O) groups excluding carboxylic acids is 1. The Morgan fingerprint density at radius 1 is 1.26 bits per heavy atom. The number of carbonyl (C=O) groups is 1. The lowest BCUT2D eigenvalue weighted by Crippen LogP contribution is -2.41. The van der Waals surface area contributed by atoms with Gasteiger partial charge < -0.3 is 15.0 Å². The summed E-state index contributed by atoms with van der Waals surface area (Å²) in [7, 11) is 1.67. The zero-order valence-corrected chi connectivity index (χ0v) is 16.7. The molecule has 1 aromatic carbocycles. The Morgan fingerprint density at radius 3 is 2.81 bits per heavy atom. The fourth-order valence-electron chi connectivity index (χ4n) is 3.63. The van der Waals surface area contributed by atoms with Crippen molar-refractivity contribution < 1.29 is 9.53 Å². The van der Waals surface area contributed by atoms with Gasteiger partial charge in [-0.2, -0.15) is 0 Å². The smallest absolute Gasteiger partial charge is 0.225 e. The molecule has 27 heavy (non-hydrogen) atoms. The van der Waals surface area contributed by atoms with Crippen molar-refractivity contribution in [2.45, 2.75) is 39.5 Å². The number of amides is 1. The molecule has 3 rings (SSSR count). The molecule has 5 heteroatoms. The first-order chi connectivity index (χ1) is 13.0. The van der Waals surface area contributed by atoms with Gasteiger partial charge in [0.15, 0.2) is 0 Å². The van der Waals surface area contributed by atoms with Gasteiger partial charge in [0, 0.05) is 53.8 Å². The van der Waals surface area contributed by atoms with E-state index >= 15 is 0 Å². The maximum atomic E-state index is 12.4. The van der Waals surface area contributed by atoms with Crippen molar-refractivity contribution in [3.8, 4) is 5.75 Å². The quantitative estimate of drug-likeness (QED) is 0.845. The van der Waals surface area contributed by atoms with Gasteiger partial charge in [-0.15, -0.1) is 0 Å². The van der Waals surface area contributed by atoms with Gasteiger partial charge in [-0.1, -0.05) is 19.9 Å². The van der Waals surface area contributed by atoms with Gasteiger partial charge in [-0.3, -0.25) is 9.78 Å². The molecule has 0 saturated carbocycles. The Kier molecular flexibility index (Phi) is 5.99. The molecule has 2 aromatic rings. The van der Waals surface area contributed by atoms with Crippen molar-refractivity contribution in [2.24, 2.45) is 5.92 Å². The highest BCUT2D eigenvalue weighted by atomic mass is 16.5. The molecule has 0 spiro atoms. The molecule has 5 nitrogen and oxygen atoms in total. The third kappa shape index (κ3) is 4.79. The average molecular weight is 367 g/mol. The van der Waals surface area contributed by atoms with Crippen LogP contribution >= 0.6 is 0 Å². The third-order valence-electron chi connectivity index (χ3n) is 4.98. The number of benzene rings is 1. The maximum absolute atomic E-state index is 12.4. The minimum atomic E-state index is 0.0412. The molecule has 0 unspecified atom stereocenters. The summed E-state index contributed by atoms with van der Waals surface area (Å²) in [5, 5.41) is 3.45. The van der Waals surface area contributed by atoms with Gasteiger partial charge in [0.1, 0.15) is 5.75 Å². The number of ether oxygens (including phenoxy) is 1. The highest BCUT2D eigenvalue weighted by Gasteiger charge is 2.27. The summed E-state index contributed by atoms with van der Waals surface area (Å²) in [4.78, 5) is 19.2. The van der Waals surface area contributed by atoms with Crippen LogP contribution in [0, 0.1) is 12.8 Å². The summed E-state index contributed by atoms with van der Waals surface area (Å²) in [6.07, 6.45) is 2.09. The molecule has 1 N–H and O–H groups in total. The second-order valence-electron chi connectivity index (χ2n) is 7.56. The number of methoxy groups -OCH3 is 1. The van der Waals surface area contributed by atoms with Crippen molar-refractivity contribution >= 4 is 17.3 Å². The SMILES string of the molecule is COc1cccc(Nc2cc(C)nc([C@@H]3CCCN(C(=O)C(C)C)C3)c2)c1. The van der Waals surface area contributed by atoms with Gasteiger partial charge in [0.25, 0.3) is 0 Å². The lowest BCUT2D eigenvalue weighted by atomic mass is 9.93. The Bertz CT molecular complexity index is 804. The first-order valence-electron chi connectivity index (χ1n) is 9.64. The molecule has 1 atom stereocenters. The Balaban J connectivity index is 1.79. The molecule has 144 valence electrons. The van der Waals surface area contributed by atoms with Gasteiger partial charge in [0.2, 0.25) is 5.91 Å².